The van der Waals surface area contributed by atoms with E-state index in [1.807, 2.05) is 25.3 Å². The number of hydrogen-bond acceptors (Lipinski definition) is 6. The summed E-state index contributed by atoms with van der Waals surface area (Å²) in [6.07, 6.45) is 0.696. The number of ketones is 1. The van der Waals surface area contributed by atoms with Gasteiger partial charge >= 0.3 is 0 Å². The van der Waals surface area contributed by atoms with Gasteiger partial charge in [0.1, 0.15) is 0 Å². The predicted molar refractivity (Wildman–Crippen MR) is 116 cm³/mol. The summed E-state index contributed by atoms with van der Waals surface area (Å²) in [4.78, 5) is 28.6. The van der Waals surface area contributed by atoms with E-state index in [-0.39, 0.29) is 11.3 Å². The van der Waals surface area contributed by atoms with Crippen molar-refractivity contribution in [2.24, 2.45) is 0 Å². The van der Waals surface area contributed by atoms with Gasteiger partial charge in [-0.2, -0.15) is 0 Å². The average molecular weight is 446 g/mol. The molecule has 3 heterocycles. The lowest BCUT2D eigenvalue weighted by Gasteiger charge is -2.25. The average Bonchev–Trinajstić information content (AvgIpc) is 3.39. The van der Waals surface area contributed by atoms with Gasteiger partial charge in [0, 0.05) is 27.9 Å². The number of rotatable bonds is 6. The summed E-state index contributed by atoms with van der Waals surface area (Å²) < 4.78 is 11.1. The summed E-state index contributed by atoms with van der Waals surface area (Å²) in [5.74, 6) is -1.20. The molecule has 8 heteroatoms. The highest BCUT2D eigenvalue weighted by Gasteiger charge is 2.45. The highest BCUT2D eigenvalue weighted by Crippen LogP contribution is 2.43. The molecule has 156 valence electrons. The highest BCUT2D eigenvalue weighted by atomic mass is 35.5. The zero-order valence-electron chi connectivity index (χ0n) is 16.7. The summed E-state index contributed by atoms with van der Waals surface area (Å²) in [6.45, 7) is 4.29. The van der Waals surface area contributed by atoms with Gasteiger partial charge in [-0.3, -0.25) is 9.59 Å². The van der Waals surface area contributed by atoms with Crippen LogP contribution in [0, 0.1) is 6.92 Å². The third-order valence-electron chi connectivity index (χ3n) is 5.15. The molecular formula is C22H20ClNO5S. The fraction of sp³-hybridized carbons (Fsp3) is 0.273. The smallest absolute Gasteiger partial charge is 0.290 e. The standard InChI is InChI=1S/C22H20ClNO5S/c1-4-6-24-17(21-11(2)5-7-30-21)16(19(26)22(24)27)18(25)14-9-12-8-13(23)10-15(28-3)20(12)29-14/h5,7-10,17,26H,4,6H2,1-3H3. The van der Waals surface area contributed by atoms with Crippen molar-refractivity contribution >= 4 is 45.6 Å². The third kappa shape index (κ3) is 3.18. The SMILES string of the molecule is CCCN1C(=O)C(O)=C(C(=O)c2cc3cc(Cl)cc(OC)c3o2)C1c1sccc1C. The van der Waals surface area contributed by atoms with Crippen molar-refractivity contribution in [2.45, 2.75) is 26.3 Å². The number of benzene rings is 1. The molecular weight excluding hydrogens is 426 g/mol. The lowest BCUT2D eigenvalue weighted by Crippen LogP contribution is -2.31. The van der Waals surface area contributed by atoms with E-state index in [1.165, 1.54) is 18.4 Å². The molecule has 1 aliphatic heterocycles. The van der Waals surface area contributed by atoms with Crippen molar-refractivity contribution in [3.8, 4) is 5.75 Å². The van der Waals surface area contributed by atoms with Crippen LogP contribution in [0.3, 0.4) is 0 Å². The first-order valence-electron chi connectivity index (χ1n) is 9.47. The Hall–Kier alpha value is -2.77. The van der Waals surface area contributed by atoms with Crippen LogP contribution in [-0.2, 0) is 4.79 Å². The molecule has 1 aliphatic rings. The van der Waals surface area contributed by atoms with Crippen LogP contribution < -0.4 is 4.74 Å². The topological polar surface area (TPSA) is 80.0 Å². The molecule has 1 aromatic carbocycles. The molecule has 0 saturated heterocycles. The van der Waals surface area contributed by atoms with Crippen molar-refractivity contribution in [3.63, 3.8) is 0 Å². The van der Waals surface area contributed by atoms with Crippen molar-refractivity contribution in [3.05, 3.63) is 62.2 Å². The van der Waals surface area contributed by atoms with Gasteiger partial charge in [0.05, 0.1) is 18.7 Å². The highest BCUT2D eigenvalue weighted by molar-refractivity contribution is 7.10. The normalized spacial score (nSPS) is 16.7. The van der Waals surface area contributed by atoms with Gasteiger partial charge in [0.2, 0.25) is 5.78 Å². The van der Waals surface area contributed by atoms with E-state index < -0.39 is 23.5 Å². The maximum atomic E-state index is 13.5. The zero-order chi connectivity index (χ0) is 21.6. The Balaban J connectivity index is 1.84. The first kappa shape index (κ1) is 20.5. The van der Waals surface area contributed by atoms with Crippen LogP contribution in [0.1, 0.15) is 40.4 Å². The van der Waals surface area contributed by atoms with Crippen molar-refractivity contribution in [1.82, 2.24) is 4.90 Å². The Morgan fingerprint density at radius 1 is 1.37 bits per heavy atom. The fourth-order valence-electron chi connectivity index (χ4n) is 3.78. The molecule has 0 aliphatic carbocycles. The second kappa shape index (κ2) is 7.81. The Labute approximate surface area is 182 Å². The number of aliphatic hydroxyl groups excluding tert-OH is 1. The van der Waals surface area contributed by atoms with Crippen LogP contribution in [-0.4, -0.2) is 35.4 Å². The molecule has 0 bridgehead atoms. The van der Waals surface area contributed by atoms with Crippen LogP contribution in [0.25, 0.3) is 11.0 Å². The van der Waals surface area contributed by atoms with Crippen LogP contribution in [0.15, 0.2) is 45.4 Å². The first-order valence-corrected chi connectivity index (χ1v) is 10.7. The number of methoxy groups -OCH3 is 1. The van der Waals surface area contributed by atoms with Crippen LogP contribution >= 0.6 is 22.9 Å². The number of furan rings is 1. The minimum atomic E-state index is -0.649. The number of ether oxygens (including phenoxy) is 1. The number of nitrogens with zero attached hydrogens (tertiary/aromatic N) is 1. The molecule has 0 radical (unpaired) electrons. The minimum absolute atomic E-state index is 0.0116. The Morgan fingerprint density at radius 2 is 2.13 bits per heavy atom. The number of aryl methyl sites for hydroxylation is 1. The maximum absolute atomic E-state index is 13.5. The molecule has 30 heavy (non-hydrogen) atoms. The minimum Gasteiger partial charge on any atom is -0.503 e. The van der Waals surface area contributed by atoms with E-state index in [4.69, 9.17) is 20.8 Å². The van der Waals surface area contributed by atoms with E-state index >= 15 is 0 Å². The molecule has 0 spiro atoms. The number of hydrogen-bond donors (Lipinski definition) is 1. The zero-order valence-corrected chi connectivity index (χ0v) is 18.3. The number of halogens is 1. The van der Waals surface area contributed by atoms with E-state index in [0.29, 0.717) is 34.7 Å². The number of aliphatic hydroxyl groups is 1. The molecule has 2 aromatic heterocycles. The number of fused-ring (bicyclic) bond motifs is 1. The molecule has 1 unspecified atom stereocenters. The number of thiophene rings is 1. The van der Waals surface area contributed by atoms with E-state index in [2.05, 4.69) is 0 Å². The molecule has 0 saturated carbocycles. The Morgan fingerprint density at radius 3 is 2.77 bits per heavy atom. The molecule has 6 nitrogen and oxygen atoms in total. The number of carbonyl (C=O) groups is 2. The summed E-state index contributed by atoms with van der Waals surface area (Å²) in [6, 6.07) is 6.09. The summed E-state index contributed by atoms with van der Waals surface area (Å²) in [7, 11) is 1.48. The van der Waals surface area contributed by atoms with Crippen LogP contribution in [0.4, 0.5) is 0 Å². The second-order valence-electron chi connectivity index (χ2n) is 7.10. The maximum Gasteiger partial charge on any atom is 0.290 e. The lowest BCUT2D eigenvalue weighted by molar-refractivity contribution is -0.129. The summed E-state index contributed by atoms with van der Waals surface area (Å²) in [5, 5.41) is 13.6. The summed E-state index contributed by atoms with van der Waals surface area (Å²) >= 11 is 7.57. The molecule has 3 aromatic rings. The van der Waals surface area contributed by atoms with Gasteiger partial charge in [-0.05, 0) is 42.5 Å². The Kier molecular flexibility index (Phi) is 5.34. The van der Waals surface area contributed by atoms with E-state index in [1.54, 1.807) is 23.1 Å². The van der Waals surface area contributed by atoms with Gasteiger partial charge in [-0.25, -0.2) is 0 Å². The number of amides is 1. The largest absolute Gasteiger partial charge is 0.503 e. The molecule has 4 rings (SSSR count). The molecule has 0 fully saturated rings. The van der Waals surface area contributed by atoms with E-state index in [9.17, 15) is 14.7 Å². The van der Waals surface area contributed by atoms with Gasteiger partial charge in [0.25, 0.3) is 5.91 Å². The first-order chi connectivity index (χ1) is 14.4. The van der Waals surface area contributed by atoms with Gasteiger partial charge < -0.3 is 19.2 Å². The molecule has 1 atom stereocenters. The molecule has 1 amide bonds. The van der Waals surface area contributed by atoms with Crippen LogP contribution in [0.5, 0.6) is 5.75 Å². The second-order valence-corrected chi connectivity index (χ2v) is 8.48. The lowest BCUT2D eigenvalue weighted by atomic mass is 9.98. The van der Waals surface area contributed by atoms with Crippen molar-refractivity contribution in [2.75, 3.05) is 13.7 Å². The monoisotopic (exact) mass is 445 g/mol. The Bertz CT molecular complexity index is 1190. The summed E-state index contributed by atoms with van der Waals surface area (Å²) in [5.41, 5.74) is 1.36. The molecule has 1 N–H and O–H groups in total. The fourth-order valence-corrected chi connectivity index (χ4v) is 5.04. The van der Waals surface area contributed by atoms with E-state index in [0.717, 1.165) is 10.4 Å². The van der Waals surface area contributed by atoms with Crippen LogP contribution in [0.2, 0.25) is 5.02 Å². The number of Topliss-reactive ketones (excluding diaryl/α,β-unsaturated/α-hetero) is 1. The number of carbonyl (C=O) groups excluding carboxylic acids is 2. The van der Waals surface area contributed by atoms with Gasteiger partial charge in [-0.15, -0.1) is 11.3 Å². The van der Waals surface area contributed by atoms with Gasteiger partial charge in [-0.1, -0.05) is 18.5 Å². The third-order valence-corrected chi connectivity index (χ3v) is 6.44. The van der Waals surface area contributed by atoms with Crippen molar-refractivity contribution < 1.29 is 23.8 Å². The van der Waals surface area contributed by atoms with Crippen molar-refractivity contribution in [1.29, 1.82) is 0 Å². The van der Waals surface area contributed by atoms with Gasteiger partial charge in [0.15, 0.2) is 22.9 Å². The quantitative estimate of drug-likeness (QED) is 0.510. The predicted octanol–water partition coefficient (Wildman–Crippen LogP) is 5.45.